The van der Waals surface area contributed by atoms with Crippen LogP contribution < -0.4 is 14.2 Å². The van der Waals surface area contributed by atoms with Crippen LogP contribution in [-0.4, -0.2) is 38.5 Å². The van der Waals surface area contributed by atoms with Crippen molar-refractivity contribution < 1.29 is 17.9 Å². The van der Waals surface area contributed by atoms with Crippen molar-refractivity contribution in [2.24, 2.45) is 5.92 Å². The second-order valence-corrected chi connectivity index (χ2v) is 7.84. The highest BCUT2D eigenvalue weighted by molar-refractivity contribution is 7.89. The Balaban J connectivity index is 1.70. The molecule has 7 nitrogen and oxygen atoms in total. The maximum atomic E-state index is 12.6. The van der Waals surface area contributed by atoms with Crippen LogP contribution in [0.15, 0.2) is 29.3 Å². The van der Waals surface area contributed by atoms with Crippen molar-refractivity contribution in [1.29, 1.82) is 0 Å². The molecule has 2 aromatic rings. The van der Waals surface area contributed by atoms with Gasteiger partial charge in [0, 0.05) is 19.0 Å². The Bertz CT molecular complexity index is 861. The van der Waals surface area contributed by atoms with E-state index in [1.807, 2.05) is 25.1 Å². The zero-order valence-electron chi connectivity index (χ0n) is 14.7. The van der Waals surface area contributed by atoms with Gasteiger partial charge >= 0.3 is 0 Å². The van der Waals surface area contributed by atoms with E-state index < -0.39 is 10.0 Å². The molecular weight excluding hydrogens is 342 g/mol. The van der Waals surface area contributed by atoms with Crippen molar-refractivity contribution in [2.45, 2.75) is 31.8 Å². The Kier molecular flexibility index (Phi) is 5.01. The Labute approximate surface area is 148 Å². The predicted octanol–water partition coefficient (Wildman–Crippen LogP) is 1.75. The second-order valence-electron chi connectivity index (χ2n) is 6.12. The molecule has 0 radical (unpaired) electrons. The van der Waals surface area contributed by atoms with Gasteiger partial charge in [-0.1, -0.05) is 12.1 Å². The first-order chi connectivity index (χ1) is 11.9. The van der Waals surface area contributed by atoms with Gasteiger partial charge in [-0.25, -0.2) is 13.1 Å². The smallest absolute Gasteiger partial charge is 0.257 e. The minimum Gasteiger partial charge on any atom is -0.493 e. The highest BCUT2D eigenvalue weighted by Crippen LogP contribution is 2.35. The van der Waals surface area contributed by atoms with Gasteiger partial charge in [-0.15, -0.1) is 0 Å². The van der Waals surface area contributed by atoms with Crippen LogP contribution in [0.2, 0.25) is 0 Å². The minimum atomic E-state index is -3.60. The number of aryl methyl sites for hydroxylation is 2. The Morgan fingerprint density at radius 1 is 1.44 bits per heavy atom. The normalized spacial score (nSPS) is 17.0. The summed E-state index contributed by atoms with van der Waals surface area (Å²) in [7, 11) is -1.99. The van der Waals surface area contributed by atoms with Crippen LogP contribution in [0, 0.1) is 12.8 Å². The number of para-hydroxylation sites is 1. The molecule has 1 aliphatic rings. The maximum absolute atomic E-state index is 12.6. The van der Waals surface area contributed by atoms with Gasteiger partial charge in [-0.05, 0) is 38.0 Å². The molecule has 0 unspecified atom stereocenters. The second kappa shape index (κ2) is 7.05. The summed E-state index contributed by atoms with van der Waals surface area (Å²) in [6.45, 7) is 4.91. The topological polar surface area (TPSA) is 82.5 Å². The Hall–Kier alpha value is -2.06. The highest BCUT2D eigenvalue weighted by atomic mass is 32.2. The number of aromatic nitrogens is 2. The average molecular weight is 365 g/mol. The summed E-state index contributed by atoms with van der Waals surface area (Å²) in [6, 6.07) is 7.34. The zero-order chi connectivity index (χ0) is 18.0. The molecule has 1 aliphatic heterocycles. The number of nitrogens with one attached hydrogen (secondary N) is 1. The number of nitrogens with zero attached hydrogens (tertiary/aromatic N) is 2. The number of hydrogen-bond donors (Lipinski definition) is 1. The van der Waals surface area contributed by atoms with Crippen molar-refractivity contribution in [3.63, 3.8) is 0 Å². The lowest BCUT2D eigenvalue weighted by molar-refractivity contribution is 0.213. The molecular formula is C17H23N3O4S. The number of sulfonamides is 1. The van der Waals surface area contributed by atoms with Crippen LogP contribution in [0.25, 0.3) is 0 Å². The van der Waals surface area contributed by atoms with Gasteiger partial charge in [0.25, 0.3) is 10.0 Å². The molecule has 1 atom stereocenters. The summed E-state index contributed by atoms with van der Waals surface area (Å²) >= 11 is 0. The SMILES string of the molecule is CCn1nc(C)cc1S(=O)(=O)NC[C@@H]1COc2c(cccc2OC)C1. The van der Waals surface area contributed by atoms with E-state index in [2.05, 4.69) is 9.82 Å². The molecule has 8 heteroatoms. The summed E-state index contributed by atoms with van der Waals surface area (Å²) in [4.78, 5) is 0. The summed E-state index contributed by atoms with van der Waals surface area (Å²) in [6.07, 6.45) is 0.737. The molecule has 0 amide bonds. The fourth-order valence-electron chi connectivity index (χ4n) is 3.01. The molecule has 0 saturated heterocycles. The van der Waals surface area contributed by atoms with Crippen LogP contribution in [-0.2, 0) is 23.0 Å². The van der Waals surface area contributed by atoms with E-state index in [9.17, 15) is 8.42 Å². The largest absolute Gasteiger partial charge is 0.493 e. The summed E-state index contributed by atoms with van der Waals surface area (Å²) in [5.74, 6) is 1.52. The highest BCUT2D eigenvalue weighted by Gasteiger charge is 2.26. The van der Waals surface area contributed by atoms with Gasteiger partial charge < -0.3 is 9.47 Å². The summed E-state index contributed by atoms with van der Waals surface area (Å²) < 4.78 is 40.5. The van der Waals surface area contributed by atoms with Crippen LogP contribution in [0.1, 0.15) is 18.2 Å². The molecule has 0 saturated carbocycles. The van der Waals surface area contributed by atoms with Gasteiger partial charge in [-0.2, -0.15) is 5.10 Å². The molecule has 136 valence electrons. The fourth-order valence-corrected chi connectivity index (χ4v) is 4.39. The average Bonchev–Trinajstić information content (AvgIpc) is 3.01. The van der Waals surface area contributed by atoms with E-state index in [4.69, 9.17) is 9.47 Å². The van der Waals surface area contributed by atoms with Gasteiger partial charge in [0.2, 0.25) is 0 Å². The fraction of sp³-hybridized carbons (Fsp3) is 0.471. The number of fused-ring (bicyclic) bond motifs is 1. The Morgan fingerprint density at radius 2 is 2.24 bits per heavy atom. The van der Waals surface area contributed by atoms with Gasteiger partial charge in [0.05, 0.1) is 19.4 Å². The van der Waals surface area contributed by atoms with E-state index >= 15 is 0 Å². The molecule has 3 rings (SSSR count). The number of rotatable bonds is 6. The van der Waals surface area contributed by atoms with E-state index in [0.29, 0.717) is 31.1 Å². The van der Waals surface area contributed by atoms with E-state index in [1.165, 1.54) is 4.68 Å². The third-order valence-corrected chi connectivity index (χ3v) is 5.68. The van der Waals surface area contributed by atoms with Crippen LogP contribution in [0.3, 0.4) is 0 Å². The first-order valence-corrected chi connectivity index (χ1v) is 9.75. The summed E-state index contributed by atoms with van der Waals surface area (Å²) in [5, 5.41) is 4.40. The van der Waals surface area contributed by atoms with Gasteiger partial charge in [0.15, 0.2) is 16.5 Å². The number of benzene rings is 1. The standard InChI is InChI=1S/C17H23N3O4S/c1-4-20-16(8-12(2)19-20)25(21,22)18-10-13-9-14-6-5-7-15(23-3)17(14)24-11-13/h5-8,13,18H,4,9-11H2,1-3H3/t13-/m1/s1. The van der Waals surface area contributed by atoms with Crippen LogP contribution >= 0.6 is 0 Å². The Morgan fingerprint density at radius 3 is 2.96 bits per heavy atom. The van der Waals surface area contributed by atoms with E-state index in [0.717, 1.165) is 17.7 Å². The lowest BCUT2D eigenvalue weighted by atomic mass is 9.96. The van der Waals surface area contributed by atoms with Crippen LogP contribution in [0.5, 0.6) is 11.5 Å². The third kappa shape index (κ3) is 3.64. The first-order valence-electron chi connectivity index (χ1n) is 8.27. The van der Waals surface area contributed by atoms with E-state index in [1.54, 1.807) is 20.1 Å². The lowest BCUT2D eigenvalue weighted by Crippen LogP contribution is -2.35. The molecule has 0 spiro atoms. The molecule has 0 bridgehead atoms. The molecule has 0 fully saturated rings. The van der Waals surface area contributed by atoms with Gasteiger partial charge in [-0.3, -0.25) is 4.68 Å². The minimum absolute atomic E-state index is 0.0634. The van der Waals surface area contributed by atoms with Crippen molar-refractivity contribution in [3.8, 4) is 11.5 Å². The predicted molar refractivity (Wildman–Crippen MR) is 93.5 cm³/mol. The van der Waals surface area contributed by atoms with Gasteiger partial charge in [0.1, 0.15) is 0 Å². The van der Waals surface area contributed by atoms with Crippen molar-refractivity contribution in [1.82, 2.24) is 14.5 Å². The summed E-state index contributed by atoms with van der Waals surface area (Å²) in [5.41, 5.74) is 1.72. The molecule has 2 heterocycles. The molecule has 0 aliphatic carbocycles. The molecule has 1 aromatic carbocycles. The quantitative estimate of drug-likeness (QED) is 0.843. The van der Waals surface area contributed by atoms with Crippen molar-refractivity contribution in [2.75, 3.05) is 20.3 Å². The molecule has 25 heavy (non-hydrogen) atoms. The number of ether oxygens (including phenoxy) is 2. The van der Waals surface area contributed by atoms with Crippen molar-refractivity contribution in [3.05, 3.63) is 35.5 Å². The third-order valence-electron chi connectivity index (χ3n) is 4.25. The van der Waals surface area contributed by atoms with Crippen molar-refractivity contribution >= 4 is 10.0 Å². The van der Waals surface area contributed by atoms with E-state index in [-0.39, 0.29) is 10.9 Å². The van der Waals surface area contributed by atoms with Crippen LogP contribution in [0.4, 0.5) is 0 Å². The molecule has 1 aromatic heterocycles. The molecule has 1 N–H and O–H groups in total. The first kappa shape index (κ1) is 17.8. The number of hydrogen-bond acceptors (Lipinski definition) is 5. The maximum Gasteiger partial charge on any atom is 0.257 e. The zero-order valence-corrected chi connectivity index (χ0v) is 15.5. The monoisotopic (exact) mass is 365 g/mol. The lowest BCUT2D eigenvalue weighted by Gasteiger charge is -2.26. The number of methoxy groups -OCH3 is 1.